The second-order valence-corrected chi connectivity index (χ2v) is 9.01. The monoisotopic (exact) mass is 371 g/mol. The van der Waals surface area contributed by atoms with Crippen molar-refractivity contribution in [3.8, 4) is 10.4 Å². The van der Waals surface area contributed by atoms with E-state index in [4.69, 9.17) is 5.73 Å². The first-order chi connectivity index (χ1) is 12.2. The number of rotatable bonds is 4. The largest absolute Gasteiger partial charge is 0.336 e. The first-order valence-corrected chi connectivity index (χ1v) is 9.95. The maximum absolute atomic E-state index is 12.8. The molecular formula is C21H29N3OS. The number of nitrogens with two attached hydrogens (primary N) is 1. The van der Waals surface area contributed by atoms with Crippen molar-refractivity contribution in [3.63, 3.8) is 0 Å². The minimum atomic E-state index is -0.0143. The lowest BCUT2D eigenvalue weighted by atomic mass is 9.92. The molecule has 4 nitrogen and oxygen atoms in total. The molecule has 2 heterocycles. The van der Waals surface area contributed by atoms with Gasteiger partial charge in [-0.05, 0) is 64.0 Å². The molecule has 1 aliphatic rings. The van der Waals surface area contributed by atoms with Crippen LogP contribution >= 0.6 is 11.3 Å². The summed E-state index contributed by atoms with van der Waals surface area (Å²) in [5.74, 6) is 0.122. The molecule has 1 fully saturated rings. The summed E-state index contributed by atoms with van der Waals surface area (Å²) in [7, 11) is 4.19. The number of carbonyl (C=O) groups is 1. The molecule has 0 saturated carbocycles. The van der Waals surface area contributed by atoms with Crippen LogP contribution in [0.25, 0.3) is 10.4 Å². The zero-order valence-corrected chi connectivity index (χ0v) is 17.2. The molecule has 2 N–H and O–H groups in total. The fourth-order valence-electron chi connectivity index (χ4n) is 3.25. The van der Waals surface area contributed by atoms with E-state index >= 15 is 0 Å². The Morgan fingerprint density at radius 3 is 2.46 bits per heavy atom. The average molecular weight is 372 g/mol. The number of aryl methyl sites for hydroxylation is 1. The van der Waals surface area contributed by atoms with Crippen LogP contribution in [-0.2, 0) is 5.54 Å². The van der Waals surface area contributed by atoms with E-state index in [0.29, 0.717) is 6.54 Å². The van der Waals surface area contributed by atoms with Crippen LogP contribution in [0.15, 0.2) is 30.3 Å². The van der Waals surface area contributed by atoms with E-state index in [9.17, 15) is 4.79 Å². The summed E-state index contributed by atoms with van der Waals surface area (Å²) < 4.78 is 0. The molecule has 1 aromatic carbocycles. The van der Waals surface area contributed by atoms with Crippen LogP contribution < -0.4 is 5.73 Å². The molecule has 1 amide bonds. The van der Waals surface area contributed by atoms with Gasteiger partial charge in [0.2, 0.25) is 0 Å². The zero-order valence-electron chi connectivity index (χ0n) is 16.4. The van der Waals surface area contributed by atoms with E-state index in [1.807, 2.05) is 11.8 Å². The van der Waals surface area contributed by atoms with Crippen LogP contribution in [-0.4, -0.2) is 48.9 Å². The van der Waals surface area contributed by atoms with Gasteiger partial charge < -0.3 is 15.5 Å². The van der Waals surface area contributed by atoms with Crippen molar-refractivity contribution < 1.29 is 4.79 Å². The van der Waals surface area contributed by atoms with Crippen LogP contribution in [0, 0.1) is 6.92 Å². The summed E-state index contributed by atoms with van der Waals surface area (Å²) in [5, 5.41) is 0. The molecule has 0 unspecified atom stereocenters. The second-order valence-electron chi connectivity index (χ2n) is 7.95. The van der Waals surface area contributed by atoms with Crippen LogP contribution in [0.1, 0.15) is 41.1 Å². The fourth-order valence-corrected chi connectivity index (χ4v) is 4.40. The van der Waals surface area contributed by atoms with Gasteiger partial charge in [0, 0.05) is 29.5 Å². The third kappa shape index (κ3) is 3.56. The van der Waals surface area contributed by atoms with Gasteiger partial charge in [-0.15, -0.1) is 11.3 Å². The van der Waals surface area contributed by atoms with E-state index in [1.54, 1.807) is 11.3 Å². The van der Waals surface area contributed by atoms with Crippen molar-refractivity contribution >= 4 is 17.2 Å². The van der Waals surface area contributed by atoms with Crippen molar-refractivity contribution in [1.29, 1.82) is 0 Å². The van der Waals surface area contributed by atoms with E-state index < -0.39 is 0 Å². The van der Waals surface area contributed by atoms with Crippen LogP contribution in [0.4, 0.5) is 0 Å². The maximum atomic E-state index is 12.8. The molecule has 0 spiro atoms. The Hall–Kier alpha value is -1.69. The summed E-state index contributed by atoms with van der Waals surface area (Å²) in [5.41, 5.74) is 9.43. The van der Waals surface area contributed by atoms with Crippen molar-refractivity contribution in [1.82, 2.24) is 9.80 Å². The first kappa shape index (κ1) is 19.1. The molecule has 2 aromatic rings. The summed E-state index contributed by atoms with van der Waals surface area (Å²) in [4.78, 5) is 18.9. The normalized spacial score (nSPS) is 18.0. The van der Waals surface area contributed by atoms with Crippen LogP contribution in [0.5, 0.6) is 0 Å². The second kappa shape index (κ2) is 7.14. The minimum absolute atomic E-state index is 0.0143. The summed E-state index contributed by atoms with van der Waals surface area (Å²) >= 11 is 1.59. The lowest BCUT2D eigenvalue weighted by Gasteiger charge is -2.33. The van der Waals surface area contributed by atoms with Gasteiger partial charge in [0.05, 0.1) is 4.88 Å². The molecular weight excluding hydrogens is 342 g/mol. The van der Waals surface area contributed by atoms with E-state index in [2.05, 4.69) is 63.2 Å². The van der Waals surface area contributed by atoms with Gasteiger partial charge in [0.15, 0.2) is 0 Å². The number of nitrogens with zero attached hydrogens (tertiary/aromatic N) is 2. The highest BCUT2D eigenvalue weighted by atomic mass is 32.1. The number of hydrogen-bond acceptors (Lipinski definition) is 4. The summed E-state index contributed by atoms with van der Waals surface area (Å²) in [6, 6.07) is 10.9. The Kier molecular flexibility index (Phi) is 5.24. The number of carbonyl (C=O) groups excluding carboxylic acids is 1. The predicted molar refractivity (Wildman–Crippen MR) is 110 cm³/mol. The standard InChI is InChI=1S/C21H29N3OS/c1-14-12-18(26-19(14)20(25)24-11-10-17(22)13-24)15-6-8-16(9-7-15)21(2,3)23(4)5/h6-9,12,17H,10-11,13,22H2,1-5H3/t17-/m0/s1. The molecule has 0 bridgehead atoms. The Morgan fingerprint density at radius 2 is 1.92 bits per heavy atom. The SMILES string of the molecule is Cc1cc(-c2ccc(C(C)(C)N(C)C)cc2)sc1C(=O)N1CC[C@H](N)C1. The highest BCUT2D eigenvalue weighted by Crippen LogP contribution is 2.34. The number of benzene rings is 1. The predicted octanol–water partition coefficient (Wildman–Crippen LogP) is 3.69. The molecule has 0 radical (unpaired) electrons. The Labute approximate surface area is 160 Å². The average Bonchev–Trinajstić information content (AvgIpc) is 3.20. The van der Waals surface area contributed by atoms with Gasteiger partial charge in [0.1, 0.15) is 0 Å². The third-order valence-electron chi connectivity index (χ3n) is 5.62. The number of thiophene rings is 1. The van der Waals surface area contributed by atoms with Gasteiger partial charge >= 0.3 is 0 Å². The van der Waals surface area contributed by atoms with Gasteiger partial charge in [-0.25, -0.2) is 0 Å². The Bertz CT molecular complexity index is 792. The Morgan fingerprint density at radius 1 is 1.27 bits per heavy atom. The molecule has 3 rings (SSSR count). The third-order valence-corrected chi connectivity index (χ3v) is 6.89. The van der Waals surface area contributed by atoms with Crippen molar-refractivity contribution in [2.75, 3.05) is 27.2 Å². The summed E-state index contributed by atoms with van der Waals surface area (Å²) in [6.45, 7) is 7.89. The first-order valence-electron chi connectivity index (χ1n) is 9.14. The van der Waals surface area contributed by atoms with E-state index in [1.165, 1.54) is 5.56 Å². The van der Waals surface area contributed by atoms with Crippen LogP contribution in [0.3, 0.4) is 0 Å². The molecule has 1 aromatic heterocycles. The molecule has 1 atom stereocenters. The highest BCUT2D eigenvalue weighted by Gasteiger charge is 2.27. The minimum Gasteiger partial charge on any atom is -0.336 e. The van der Waals surface area contributed by atoms with E-state index in [0.717, 1.165) is 33.8 Å². The molecule has 0 aliphatic carbocycles. The fraction of sp³-hybridized carbons (Fsp3) is 0.476. The van der Waals surface area contributed by atoms with Gasteiger partial charge in [-0.1, -0.05) is 24.3 Å². The zero-order chi connectivity index (χ0) is 19.1. The number of hydrogen-bond donors (Lipinski definition) is 1. The van der Waals surface area contributed by atoms with Gasteiger partial charge in [0.25, 0.3) is 5.91 Å². The van der Waals surface area contributed by atoms with Crippen molar-refractivity contribution in [2.45, 2.75) is 38.8 Å². The molecule has 26 heavy (non-hydrogen) atoms. The van der Waals surface area contributed by atoms with Gasteiger partial charge in [-0.2, -0.15) is 0 Å². The molecule has 1 aliphatic heterocycles. The lowest BCUT2D eigenvalue weighted by molar-refractivity contribution is 0.0795. The van der Waals surface area contributed by atoms with Crippen molar-refractivity contribution in [2.24, 2.45) is 5.73 Å². The quantitative estimate of drug-likeness (QED) is 0.892. The van der Waals surface area contributed by atoms with Crippen LogP contribution in [0.2, 0.25) is 0 Å². The number of amides is 1. The molecule has 1 saturated heterocycles. The number of likely N-dealkylation sites (tertiary alicyclic amines) is 1. The Balaban J connectivity index is 1.84. The van der Waals surface area contributed by atoms with Gasteiger partial charge in [-0.3, -0.25) is 4.79 Å². The van der Waals surface area contributed by atoms with Crippen molar-refractivity contribution in [3.05, 3.63) is 46.3 Å². The smallest absolute Gasteiger partial charge is 0.264 e. The highest BCUT2D eigenvalue weighted by molar-refractivity contribution is 7.17. The van der Waals surface area contributed by atoms with E-state index in [-0.39, 0.29) is 17.5 Å². The molecule has 5 heteroatoms. The topological polar surface area (TPSA) is 49.6 Å². The molecule has 140 valence electrons. The maximum Gasteiger partial charge on any atom is 0.264 e. The summed E-state index contributed by atoms with van der Waals surface area (Å²) in [6.07, 6.45) is 0.895. The lowest BCUT2D eigenvalue weighted by Crippen LogP contribution is -2.35.